The number of carbonyl (C=O) groups is 1. The summed E-state index contributed by atoms with van der Waals surface area (Å²) in [7, 11) is 0. The maximum atomic E-state index is 12.9. The predicted octanol–water partition coefficient (Wildman–Crippen LogP) is 3.83. The van der Waals surface area contributed by atoms with Gasteiger partial charge in [-0.05, 0) is 43.7 Å². The molecule has 0 aliphatic carbocycles. The molecule has 2 aromatic carbocycles. The van der Waals surface area contributed by atoms with Crippen LogP contribution in [0.2, 0.25) is 0 Å². The van der Waals surface area contributed by atoms with Crippen LogP contribution >= 0.6 is 0 Å². The van der Waals surface area contributed by atoms with Gasteiger partial charge in [-0.15, -0.1) is 0 Å². The molecule has 0 aliphatic heterocycles. The van der Waals surface area contributed by atoms with Crippen molar-refractivity contribution in [3.05, 3.63) is 88.4 Å². The molecular formula is C25H27N5O2. The second kappa shape index (κ2) is 9.18. The lowest BCUT2D eigenvalue weighted by Gasteiger charge is -2.11. The van der Waals surface area contributed by atoms with Crippen molar-refractivity contribution in [1.82, 2.24) is 24.6 Å². The Hall–Kier alpha value is -3.74. The van der Waals surface area contributed by atoms with Gasteiger partial charge in [0.15, 0.2) is 0 Å². The first-order chi connectivity index (χ1) is 15.5. The molecular weight excluding hydrogens is 402 g/mol. The average Bonchev–Trinajstić information content (AvgIpc) is 3.28. The van der Waals surface area contributed by atoms with E-state index < -0.39 is 0 Å². The minimum Gasteiger partial charge on any atom is -0.352 e. The van der Waals surface area contributed by atoms with Crippen LogP contribution in [0.15, 0.2) is 65.7 Å². The molecule has 4 aromatic rings. The number of amides is 1. The summed E-state index contributed by atoms with van der Waals surface area (Å²) in [6, 6.07) is 14.4. The highest BCUT2D eigenvalue weighted by molar-refractivity contribution is 5.94. The van der Waals surface area contributed by atoms with Gasteiger partial charge in [0.05, 0.1) is 16.8 Å². The van der Waals surface area contributed by atoms with Crippen LogP contribution in [-0.4, -0.2) is 31.8 Å². The van der Waals surface area contributed by atoms with E-state index in [2.05, 4.69) is 33.8 Å². The molecule has 0 aliphatic rings. The largest absolute Gasteiger partial charge is 0.352 e. The Morgan fingerprint density at radius 3 is 2.50 bits per heavy atom. The number of imidazole rings is 1. The monoisotopic (exact) mass is 429 g/mol. The molecule has 0 atom stereocenters. The summed E-state index contributed by atoms with van der Waals surface area (Å²) < 4.78 is 3.51. The topological polar surface area (TPSA) is 81.8 Å². The lowest BCUT2D eigenvalue weighted by Crippen LogP contribution is -2.26. The van der Waals surface area contributed by atoms with Crippen molar-refractivity contribution in [2.24, 2.45) is 0 Å². The SMILES string of the molecule is Cc1nn(-c2ccc(C(=O)NCCCn3ccnc3C(C)C)cc2)c(=O)c2ccccc12. The number of nitrogens with one attached hydrogen (secondary N) is 1. The third-order valence-electron chi connectivity index (χ3n) is 5.49. The van der Waals surface area contributed by atoms with Crippen LogP contribution in [0.3, 0.4) is 0 Å². The van der Waals surface area contributed by atoms with Crippen molar-refractivity contribution >= 4 is 16.7 Å². The summed E-state index contributed by atoms with van der Waals surface area (Å²) in [5.41, 5.74) is 1.77. The van der Waals surface area contributed by atoms with E-state index in [-0.39, 0.29) is 11.5 Å². The van der Waals surface area contributed by atoms with Gasteiger partial charge in [-0.25, -0.2) is 4.98 Å². The Labute approximate surface area is 186 Å². The quantitative estimate of drug-likeness (QED) is 0.453. The summed E-state index contributed by atoms with van der Waals surface area (Å²) in [5.74, 6) is 1.28. The number of carbonyl (C=O) groups excluding carboxylic acids is 1. The van der Waals surface area contributed by atoms with E-state index in [1.807, 2.05) is 37.5 Å². The molecule has 32 heavy (non-hydrogen) atoms. The van der Waals surface area contributed by atoms with Crippen LogP contribution in [0.1, 0.15) is 48.1 Å². The Kier molecular flexibility index (Phi) is 6.16. The van der Waals surface area contributed by atoms with Crippen molar-refractivity contribution in [2.45, 2.75) is 39.7 Å². The van der Waals surface area contributed by atoms with E-state index in [0.29, 0.717) is 29.1 Å². The molecule has 1 amide bonds. The van der Waals surface area contributed by atoms with E-state index in [1.165, 1.54) is 4.68 Å². The normalized spacial score (nSPS) is 11.2. The van der Waals surface area contributed by atoms with E-state index in [4.69, 9.17) is 0 Å². The fraction of sp³-hybridized carbons (Fsp3) is 0.280. The Bertz CT molecular complexity index is 1300. The standard InChI is InChI=1S/C25H27N5O2/c1-17(2)23-26-14-16-29(23)15-6-13-27-24(31)19-9-11-20(12-10-19)30-25(32)22-8-5-4-7-21(22)18(3)28-30/h4-5,7-12,14,16-17H,6,13,15H2,1-3H3,(H,27,31). The molecule has 7 heteroatoms. The second-order valence-corrected chi connectivity index (χ2v) is 8.14. The number of benzene rings is 2. The van der Waals surface area contributed by atoms with Crippen LogP contribution in [0, 0.1) is 6.92 Å². The molecule has 0 unspecified atom stereocenters. The third kappa shape index (κ3) is 4.32. The summed E-state index contributed by atoms with van der Waals surface area (Å²) in [4.78, 5) is 29.7. The van der Waals surface area contributed by atoms with Crippen molar-refractivity contribution < 1.29 is 4.79 Å². The number of fused-ring (bicyclic) bond motifs is 1. The molecule has 0 bridgehead atoms. The van der Waals surface area contributed by atoms with Gasteiger partial charge in [0, 0.05) is 42.4 Å². The van der Waals surface area contributed by atoms with Crippen LogP contribution < -0.4 is 10.9 Å². The van der Waals surface area contributed by atoms with Gasteiger partial charge in [-0.1, -0.05) is 32.0 Å². The first-order valence-electron chi connectivity index (χ1n) is 10.8. The summed E-state index contributed by atoms with van der Waals surface area (Å²) in [5, 5.41) is 8.88. The van der Waals surface area contributed by atoms with E-state index in [9.17, 15) is 9.59 Å². The lowest BCUT2D eigenvalue weighted by atomic mass is 10.1. The maximum Gasteiger partial charge on any atom is 0.279 e. The van der Waals surface area contributed by atoms with Crippen LogP contribution in [0.4, 0.5) is 0 Å². The first-order valence-corrected chi connectivity index (χ1v) is 10.8. The molecule has 4 rings (SSSR count). The molecule has 7 nitrogen and oxygen atoms in total. The maximum absolute atomic E-state index is 12.9. The molecule has 2 aromatic heterocycles. The lowest BCUT2D eigenvalue weighted by molar-refractivity contribution is 0.0952. The number of rotatable bonds is 7. The average molecular weight is 430 g/mol. The number of aromatic nitrogens is 4. The summed E-state index contributed by atoms with van der Waals surface area (Å²) in [6.45, 7) is 7.50. The van der Waals surface area contributed by atoms with Crippen molar-refractivity contribution in [3.8, 4) is 5.69 Å². The fourth-order valence-electron chi connectivity index (χ4n) is 3.84. The van der Waals surface area contributed by atoms with Gasteiger partial charge >= 0.3 is 0 Å². The predicted molar refractivity (Wildman–Crippen MR) is 125 cm³/mol. The van der Waals surface area contributed by atoms with E-state index in [0.717, 1.165) is 29.9 Å². The fourth-order valence-corrected chi connectivity index (χ4v) is 3.84. The summed E-state index contributed by atoms with van der Waals surface area (Å²) in [6.07, 6.45) is 4.60. The zero-order valence-electron chi connectivity index (χ0n) is 18.6. The Morgan fingerprint density at radius 2 is 1.78 bits per heavy atom. The minimum atomic E-state index is -0.177. The minimum absolute atomic E-state index is 0.138. The number of hydrogen-bond acceptors (Lipinski definition) is 4. The highest BCUT2D eigenvalue weighted by atomic mass is 16.1. The highest BCUT2D eigenvalue weighted by Gasteiger charge is 2.11. The van der Waals surface area contributed by atoms with Gasteiger partial charge in [0.25, 0.3) is 11.5 Å². The van der Waals surface area contributed by atoms with Gasteiger partial charge in [0.2, 0.25) is 0 Å². The molecule has 0 radical (unpaired) electrons. The third-order valence-corrected chi connectivity index (χ3v) is 5.49. The summed E-state index contributed by atoms with van der Waals surface area (Å²) >= 11 is 0. The number of aryl methyl sites for hydroxylation is 2. The molecule has 0 saturated heterocycles. The van der Waals surface area contributed by atoms with Crippen LogP contribution in [0.25, 0.3) is 16.5 Å². The van der Waals surface area contributed by atoms with E-state index in [1.54, 1.807) is 30.3 Å². The first kappa shape index (κ1) is 21.5. The zero-order chi connectivity index (χ0) is 22.7. The molecule has 0 saturated carbocycles. The van der Waals surface area contributed by atoms with Crippen molar-refractivity contribution in [2.75, 3.05) is 6.54 Å². The van der Waals surface area contributed by atoms with Crippen LogP contribution in [-0.2, 0) is 6.54 Å². The smallest absolute Gasteiger partial charge is 0.279 e. The van der Waals surface area contributed by atoms with Crippen molar-refractivity contribution in [1.29, 1.82) is 0 Å². The number of nitrogens with zero attached hydrogens (tertiary/aromatic N) is 4. The molecule has 164 valence electrons. The van der Waals surface area contributed by atoms with Crippen molar-refractivity contribution in [3.63, 3.8) is 0 Å². The second-order valence-electron chi connectivity index (χ2n) is 8.14. The molecule has 0 fully saturated rings. The van der Waals surface area contributed by atoms with Gasteiger partial charge in [0.1, 0.15) is 5.82 Å². The van der Waals surface area contributed by atoms with Gasteiger partial charge < -0.3 is 9.88 Å². The number of hydrogen-bond donors (Lipinski definition) is 1. The van der Waals surface area contributed by atoms with E-state index >= 15 is 0 Å². The molecule has 2 heterocycles. The Balaban J connectivity index is 1.41. The highest BCUT2D eigenvalue weighted by Crippen LogP contribution is 2.15. The van der Waals surface area contributed by atoms with Crippen LogP contribution in [0.5, 0.6) is 0 Å². The Morgan fingerprint density at radius 1 is 1.06 bits per heavy atom. The van der Waals surface area contributed by atoms with Gasteiger partial charge in [-0.3, -0.25) is 9.59 Å². The van der Waals surface area contributed by atoms with Gasteiger partial charge in [-0.2, -0.15) is 9.78 Å². The zero-order valence-corrected chi connectivity index (χ0v) is 18.6. The molecule has 1 N–H and O–H groups in total. The molecule has 0 spiro atoms.